The first-order valence-electron chi connectivity index (χ1n) is 6.22. The van der Waals surface area contributed by atoms with Gasteiger partial charge in [0.15, 0.2) is 0 Å². The van der Waals surface area contributed by atoms with Crippen LogP contribution in [-0.2, 0) is 0 Å². The molecule has 0 aliphatic rings. The van der Waals surface area contributed by atoms with E-state index in [9.17, 15) is 4.79 Å². The maximum absolute atomic E-state index is 12.0. The number of halogens is 1. The molecule has 0 fully saturated rings. The molecule has 0 heterocycles. The van der Waals surface area contributed by atoms with Crippen LogP contribution in [0, 0.1) is 13.8 Å². The highest BCUT2D eigenvalue weighted by Gasteiger charge is 2.10. The van der Waals surface area contributed by atoms with Gasteiger partial charge in [0.2, 0.25) is 0 Å². The minimum absolute atomic E-state index is 0. The van der Waals surface area contributed by atoms with Crippen molar-refractivity contribution in [1.82, 2.24) is 10.6 Å². The summed E-state index contributed by atoms with van der Waals surface area (Å²) in [6.45, 7) is 8.56. The average molecular weight is 271 g/mol. The smallest absolute Gasteiger partial charge is 0.251 e. The number of hydrogen-bond donors (Lipinski definition) is 2. The Kier molecular flexibility index (Phi) is 8.42. The fourth-order valence-electron chi connectivity index (χ4n) is 1.83. The molecule has 3 nitrogen and oxygen atoms in total. The molecule has 0 aromatic heterocycles. The summed E-state index contributed by atoms with van der Waals surface area (Å²) >= 11 is 0. The van der Waals surface area contributed by atoms with Crippen LogP contribution < -0.4 is 10.6 Å². The van der Waals surface area contributed by atoms with Gasteiger partial charge >= 0.3 is 0 Å². The first-order valence-corrected chi connectivity index (χ1v) is 6.22. The van der Waals surface area contributed by atoms with Crippen molar-refractivity contribution in [2.45, 2.75) is 27.2 Å². The SMILES string of the molecule is CCCNCCNC(=O)c1c(C)cccc1C.Cl. The van der Waals surface area contributed by atoms with Crippen molar-refractivity contribution in [3.63, 3.8) is 0 Å². The molecule has 0 bridgehead atoms. The highest BCUT2D eigenvalue weighted by atomic mass is 35.5. The molecule has 0 saturated carbocycles. The second-order valence-electron chi connectivity index (χ2n) is 4.27. The zero-order valence-electron chi connectivity index (χ0n) is 11.4. The highest BCUT2D eigenvalue weighted by Crippen LogP contribution is 2.12. The largest absolute Gasteiger partial charge is 0.351 e. The molecule has 0 unspecified atom stereocenters. The van der Waals surface area contributed by atoms with Crippen LogP contribution in [-0.4, -0.2) is 25.5 Å². The van der Waals surface area contributed by atoms with Crippen LogP contribution in [0.2, 0.25) is 0 Å². The summed E-state index contributed by atoms with van der Waals surface area (Å²) in [6, 6.07) is 5.92. The number of carbonyl (C=O) groups is 1. The first kappa shape index (κ1) is 16.9. The standard InChI is InChI=1S/C14H22N2O.ClH/c1-4-8-15-9-10-16-14(17)13-11(2)6-5-7-12(13)3;/h5-7,15H,4,8-10H2,1-3H3,(H,16,17);1H. The van der Waals surface area contributed by atoms with Gasteiger partial charge in [0.25, 0.3) is 5.91 Å². The third-order valence-electron chi connectivity index (χ3n) is 2.72. The van der Waals surface area contributed by atoms with Gasteiger partial charge in [0, 0.05) is 18.7 Å². The van der Waals surface area contributed by atoms with E-state index < -0.39 is 0 Å². The second-order valence-corrected chi connectivity index (χ2v) is 4.27. The van der Waals surface area contributed by atoms with Crippen LogP contribution in [0.4, 0.5) is 0 Å². The van der Waals surface area contributed by atoms with E-state index in [1.54, 1.807) is 0 Å². The van der Waals surface area contributed by atoms with Gasteiger partial charge in [-0.2, -0.15) is 0 Å². The van der Waals surface area contributed by atoms with Gasteiger partial charge in [-0.25, -0.2) is 0 Å². The third-order valence-corrected chi connectivity index (χ3v) is 2.72. The van der Waals surface area contributed by atoms with E-state index in [-0.39, 0.29) is 18.3 Å². The fraction of sp³-hybridized carbons (Fsp3) is 0.500. The molecule has 0 spiro atoms. The molecule has 0 aliphatic heterocycles. The topological polar surface area (TPSA) is 41.1 Å². The molecule has 1 rings (SSSR count). The van der Waals surface area contributed by atoms with Gasteiger partial charge in [0.1, 0.15) is 0 Å². The second kappa shape index (κ2) is 8.95. The molecule has 2 N–H and O–H groups in total. The maximum Gasteiger partial charge on any atom is 0.251 e. The first-order chi connectivity index (χ1) is 8.16. The summed E-state index contributed by atoms with van der Waals surface area (Å²) in [5, 5.41) is 6.19. The third kappa shape index (κ3) is 5.07. The van der Waals surface area contributed by atoms with Crippen LogP contribution in [0.5, 0.6) is 0 Å². The van der Waals surface area contributed by atoms with Crippen molar-refractivity contribution >= 4 is 18.3 Å². The van der Waals surface area contributed by atoms with Crippen LogP contribution in [0.3, 0.4) is 0 Å². The van der Waals surface area contributed by atoms with Crippen molar-refractivity contribution < 1.29 is 4.79 Å². The minimum atomic E-state index is 0. The van der Waals surface area contributed by atoms with Crippen molar-refractivity contribution in [3.8, 4) is 0 Å². The monoisotopic (exact) mass is 270 g/mol. The average Bonchev–Trinajstić information content (AvgIpc) is 2.28. The Labute approximate surface area is 116 Å². The lowest BCUT2D eigenvalue weighted by Crippen LogP contribution is -2.32. The lowest BCUT2D eigenvalue weighted by Gasteiger charge is -2.10. The molecule has 1 aromatic rings. The van der Waals surface area contributed by atoms with Gasteiger partial charge in [-0.3, -0.25) is 4.79 Å². The summed E-state index contributed by atoms with van der Waals surface area (Å²) in [6.07, 6.45) is 1.12. The zero-order chi connectivity index (χ0) is 12.7. The van der Waals surface area contributed by atoms with Gasteiger partial charge in [-0.05, 0) is 37.9 Å². The molecule has 0 saturated heterocycles. The summed E-state index contributed by atoms with van der Waals surface area (Å²) in [5.74, 6) is 0.0268. The minimum Gasteiger partial charge on any atom is -0.351 e. The molecule has 4 heteroatoms. The lowest BCUT2D eigenvalue weighted by molar-refractivity contribution is 0.0952. The number of amides is 1. The van der Waals surface area contributed by atoms with Gasteiger partial charge in [-0.15, -0.1) is 12.4 Å². The van der Waals surface area contributed by atoms with E-state index in [1.807, 2.05) is 32.0 Å². The molecule has 1 aromatic carbocycles. The number of hydrogen-bond acceptors (Lipinski definition) is 2. The van der Waals surface area contributed by atoms with E-state index >= 15 is 0 Å². The number of rotatable bonds is 6. The lowest BCUT2D eigenvalue weighted by atomic mass is 10.0. The molecule has 18 heavy (non-hydrogen) atoms. The van der Waals surface area contributed by atoms with Crippen LogP contribution >= 0.6 is 12.4 Å². The van der Waals surface area contributed by atoms with Crippen LogP contribution in [0.25, 0.3) is 0 Å². The summed E-state index contributed by atoms with van der Waals surface area (Å²) in [7, 11) is 0. The summed E-state index contributed by atoms with van der Waals surface area (Å²) in [5.41, 5.74) is 2.87. The Morgan fingerprint density at radius 1 is 1.11 bits per heavy atom. The molecule has 0 aliphatic carbocycles. The van der Waals surface area contributed by atoms with Crippen molar-refractivity contribution in [2.75, 3.05) is 19.6 Å². The van der Waals surface area contributed by atoms with Gasteiger partial charge < -0.3 is 10.6 Å². The highest BCUT2D eigenvalue weighted by molar-refractivity contribution is 5.97. The number of nitrogens with one attached hydrogen (secondary N) is 2. The van der Waals surface area contributed by atoms with E-state index in [1.165, 1.54) is 0 Å². The number of aryl methyl sites for hydroxylation is 2. The number of benzene rings is 1. The zero-order valence-corrected chi connectivity index (χ0v) is 12.2. The predicted molar refractivity (Wildman–Crippen MR) is 78.7 cm³/mol. The van der Waals surface area contributed by atoms with E-state index in [0.717, 1.165) is 36.2 Å². The summed E-state index contributed by atoms with van der Waals surface area (Å²) in [4.78, 5) is 12.0. The Bertz CT molecular complexity index is 360. The molecular formula is C14H23ClN2O. The molecule has 0 atom stereocenters. The fourth-order valence-corrected chi connectivity index (χ4v) is 1.83. The summed E-state index contributed by atoms with van der Waals surface area (Å²) < 4.78 is 0. The molecule has 0 radical (unpaired) electrons. The van der Waals surface area contributed by atoms with Crippen LogP contribution in [0.1, 0.15) is 34.8 Å². The molecule has 1 amide bonds. The maximum atomic E-state index is 12.0. The number of carbonyl (C=O) groups excluding carboxylic acids is 1. The van der Waals surface area contributed by atoms with Crippen molar-refractivity contribution in [2.24, 2.45) is 0 Å². The quantitative estimate of drug-likeness (QED) is 0.780. The van der Waals surface area contributed by atoms with Crippen molar-refractivity contribution in [1.29, 1.82) is 0 Å². The Hall–Kier alpha value is -1.06. The van der Waals surface area contributed by atoms with E-state index in [4.69, 9.17) is 0 Å². The van der Waals surface area contributed by atoms with E-state index in [0.29, 0.717) is 6.54 Å². The predicted octanol–water partition coefficient (Wildman–Crippen LogP) is 2.45. The normalized spacial score (nSPS) is 9.72. The van der Waals surface area contributed by atoms with Gasteiger partial charge in [-0.1, -0.05) is 25.1 Å². The van der Waals surface area contributed by atoms with Crippen molar-refractivity contribution in [3.05, 3.63) is 34.9 Å². The molecular weight excluding hydrogens is 248 g/mol. The Morgan fingerprint density at radius 3 is 2.28 bits per heavy atom. The van der Waals surface area contributed by atoms with Crippen LogP contribution in [0.15, 0.2) is 18.2 Å². The molecule has 102 valence electrons. The van der Waals surface area contributed by atoms with E-state index in [2.05, 4.69) is 17.6 Å². The van der Waals surface area contributed by atoms with Gasteiger partial charge in [0.05, 0.1) is 0 Å². The Morgan fingerprint density at radius 2 is 1.72 bits per heavy atom. The Balaban J connectivity index is 0.00000289.